The van der Waals surface area contributed by atoms with Crippen molar-refractivity contribution in [3.05, 3.63) is 169 Å². The van der Waals surface area contributed by atoms with Crippen molar-refractivity contribution in [1.29, 1.82) is 0 Å². The molecule has 4 aromatic carbocycles. The summed E-state index contributed by atoms with van der Waals surface area (Å²) >= 11 is 0. The van der Waals surface area contributed by atoms with E-state index in [1.165, 1.54) is 189 Å². The first-order valence-electron chi connectivity index (χ1n) is 42.4. The topological polar surface area (TPSA) is 140 Å². The molecule has 0 radical (unpaired) electrons. The minimum absolute atomic E-state index is 0.644. The molecule has 0 amide bonds. The number of ether oxygens (including phenoxy) is 4. The van der Waals surface area contributed by atoms with Crippen LogP contribution in [-0.2, 0) is 0 Å². The second-order valence-electron chi connectivity index (χ2n) is 31.0. The molecule has 0 atom stereocenters. The molecule has 8 aromatic rings. The van der Waals surface area contributed by atoms with E-state index in [0.29, 0.717) is 23.7 Å². The number of aromatic nitrogens is 8. The van der Waals surface area contributed by atoms with Crippen LogP contribution in [0.2, 0.25) is 0 Å². The molecular weight excluding hydrogens is 1310 g/mol. The average Bonchev–Trinajstić information content (AvgIpc) is 0.864. The molecule has 572 valence electrons. The Morgan fingerprint density at radius 2 is 0.462 bits per heavy atom. The van der Waals surface area contributed by atoms with E-state index >= 15 is 0 Å². The monoisotopic (exact) mass is 1440 g/mol. The van der Waals surface area contributed by atoms with Gasteiger partial charge < -0.3 is 18.9 Å². The molecule has 4 fully saturated rings. The van der Waals surface area contributed by atoms with Crippen LogP contribution in [-0.4, -0.2) is 66.3 Å². The van der Waals surface area contributed by atoms with E-state index in [4.69, 9.17) is 18.9 Å². The van der Waals surface area contributed by atoms with Crippen molar-refractivity contribution >= 4 is 0 Å². The molecule has 0 aliphatic heterocycles. The summed E-state index contributed by atoms with van der Waals surface area (Å²) < 4.78 is 22.9. The zero-order valence-electron chi connectivity index (χ0n) is 66.6. The van der Waals surface area contributed by atoms with Gasteiger partial charge in [0.1, 0.15) is 23.0 Å². The van der Waals surface area contributed by atoms with E-state index in [-0.39, 0.29) is 0 Å². The van der Waals surface area contributed by atoms with Gasteiger partial charge in [-0.15, -0.1) is 0 Å². The van der Waals surface area contributed by atoms with Crippen LogP contribution in [0.25, 0.3) is 45.6 Å². The van der Waals surface area contributed by atoms with Crippen molar-refractivity contribution in [2.75, 3.05) is 26.4 Å². The normalized spacial score (nSPS) is 19.9. The Morgan fingerprint density at radius 1 is 0.236 bits per heavy atom. The highest BCUT2D eigenvalue weighted by atomic mass is 16.5. The molecule has 0 unspecified atom stereocenters. The number of hydrogen-bond acceptors (Lipinski definition) is 12. The molecule has 0 saturated heterocycles. The summed E-state index contributed by atoms with van der Waals surface area (Å²) in [4.78, 5) is 37.1. The predicted molar refractivity (Wildman–Crippen MR) is 439 cm³/mol. The first-order valence-corrected chi connectivity index (χ1v) is 42.4. The predicted octanol–water partition coefficient (Wildman–Crippen LogP) is 26.4. The highest BCUT2D eigenvalue weighted by molar-refractivity contribution is 5.59. The summed E-state index contributed by atoms with van der Waals surface area (Å²) in [6.45, 7) is 21.0. The van der Waals surface area contributed by atoms with E-state index in [1.807, 2.05) is 110 Å². The summed E-state index contributed by atoms with van der Waals surface area (Å²) in [7, 11) is 0. The Balaban J connectivity index is 0.000000164. The Labute approximate surface area is 640 Å². The lowest BCUT2D eigenvalue weighted by Gasteiger charge is -2.28. The third-order valence-electron chi connectivity index (χ3n) is 22.9. The van der Waals surface area contributed by atoms with Crippen LogP contribution in [0.5, 0.6) is 23.0 Å². The van der Waals surface area contributed by atoms with Crippen LogP contribution in [0.1, 0.15) is 320 Å². The molecule has 0 N–H and O–H groups in total. The first-order chi connectivity index (χ1) is 52.2. The summed E-state index contributed by atoms with van der Waals surface area (Å²) in [5.41, 5.74) is 9.43. The van der Waals surface area contributed by atoms with Crippen molar-refractivity contribution in [1.82, 2.24) is 39.9 Å². The maximum absolute atomic E-state index is 5.73. The van der Waals surface area contributed by atoms with Gasteiger partial charge in [0.2, 0.25) is 0 Å². The SMILES string of the molecule is CCCCCC1CCC(c2cnc(-c3ccc(OCCCC)cc3)nc2)CC1.CCCCOc1ccc(-c2ncc(C3CCC(CC)CC3)cn2)cc1.CCCCOc1ccc(-c2ncc(C3CCC(CCC)CC3)cn2)cc1.CCCCOc1ccc(-c2ncc(C3CCC(CCCC)CC3)cn2)cc1. The van der Waals surface area contributed by atoms with Gasteiger partial charge in [-0.3, -0.25) is 0 Å². The third-order valence-corrected chi connectivity index (χ3v) is 22.9. The van der Waals surface area contributed by atoms with Gasteiger partial charge in [0.25, 0.3) is 0 Å². The van der Waals surface area contributed by atoms with Crippen LogP contribution in [0.15, 0.2) is 147 Å². The number of unbranched alkanes of at least 4 members (excludes halogenated alkanes) is 7. The number of hydrogen-bond donors (Lipinski definition) is 0. The van der Waals surface area contributed by atoms with Crippen LogP contribution in [0.3, 0.4) is 0 Å². The molecule has 4 saturated carbocycles. The number of rotatable bonds is 34. The number of benzene rings is 4. The van der Waals surface area contributed by atoms with Gasteiger partial charge in [-0.1, -0.05) is 145 Å². The largest absolute Gasteiger partial charge is 0.494 e. The lowest BCUT2D eigenvalue weighted by molar-refractivity contribution is 0.302. The van der Waals surface area contributed by atoms with Gasteiger partial charge in [-0.2, -0.15) is 0 Å². The van der Waals surface area contributed by atoms with E-state index in [1.54, 1.807) is 0 Å². The maximum atomic E-state index is 5.73. The minimum atomic E-state index is 0.644. The maximum Gasteiger partial charge on any atom is 0.159 e. The quantitative estimate of drug-likeness (QED) is 0.0355. The average molecular weight is 1440 g/mol. The Morgan fingerprint density at radius 3 is 0.689 bits per heavy atom. The molecule has 106 heavy (non-hydrogen) atoms. The van der Waals surface area contributed by atoms with Gasteiger partial charge in [0, 0.05) is 71.8 Å². The van der Waals surface area contributed by atoms with Crippen molar-refractivity contribution < 1.29 is 18.9 Å². The summed E-state index contributed by atoms with van der Waals surface area (Å²) in [6.07, 6.45) is 60.2. The van der Waals surface area contributed by atoms with Crippen molar-refractivity contribution in [2.45, 2.75) is 297 Å². The third kappa shape index (κ3) is 27.6. The van der Waals surface area contributed by atoms with Crippen LogP contribution in [0.4, 0.5) is 0 Å². The molecule has 4 aromatic heterocycles. The van der Waals surface area contributed by atoms with Crippen molar-refractivity contribution in [2.24, 2.45) is 23.7 Å². The zero-order chi connectivity index (χ0) is 74.2. The smallest absolute Gasteiger partial charge is 0.159 e. The Hall–Kier alpha value is -7.60. The molecule has 12 nitrogen and oxygen atoms in total. The molecule has 12 heteroatoms. The minimum Gasteiger partial charge on any atom is -0.494 e. The van der Waals surface area contributed by atoms with Crippen LogP contribution < -0.4 is 18.9 Å². The second-order valence-corrected chi connectivity index (χ2v) is 31.0. The highest BCUT2D eigenvalue weighted by Crippen LogP contribution is 2.42. The lowest BCUT2D eigenvalue weighted by Crippen LogP contribution is -2.14. The van der Waals surface area contributed by atoms with Gasteiger partial charge in [-0.25, -0.2) is 39.9 Å². The van der Waals surface area contributed by atoms with E-state index in [9.17, 15) is 0 Å². The molecule has 4 aliphatic rings. The van der Waals surface area contributed by atoms with E-state index in [0.717, 1.165) is 170 Å². The first kappa shape index (κ1) is 82.5. The van der Waals surface area contributed by atoms with Gasteiger partial charge in [0.15, 0.2) is 23.3 Å². The molecule has 0 spiro atoms. The molecule has 4 aliphatic carbocycles. The summed E-state index contributed by atoms with van der Waals surface area (Å²) in [6, 6.07) is 32.5. The van der Waals surface area contributed by atoms with Crippen molar-refractivity contribution in [3.63, 3.8) is 0 Å². The Bertz CT molecular complexity index is 3560. The van der Waals surface area contributed by atoms with Gasteiger partial charge >= 0.3 is 0 Å². The van der Waals surface area contributed by atoms with E-state index in [2.05, 4.69) is 132 Å². The van der Waals surface area contributed by atoms with Gasteiger partial charge in [-0.05, 0) is 295 Å². The molecule has 12 rings (SSSR count). The zero-order valence-corrected chi connectivity index (χ0v) is 66.6. The van der Waals surface area contributed by atoms with Crippen molar-refractivity contribution in [3.8, 4) is 68.5 Å². The summed E-state index contributed by atoms with van der Waals surface area (Å²) in [5.74, 6) is 13.2. The molecular formula is C94H132N8O4. The standard InChI is InChI=1S/C25H36N2O.C24H34N2O.C23H32N2O.C22H30N2O/c1-3-5-7-8-20-9-11-21(12-10-20)23-18-26-25(27-19-23)22-13-15-24(16-14-22)28-17-6-4-2;1-3-5-7-19-8-10-20(11-9-19)22-17-25-24(26-18-22)21-12-14-23(15-13-21)27-16-6-4-2;1-3-5-15-26-22-13-11-20(12-14-22)23-24-16-21(17-25-23)19-9-7-18(6-4-2)8-10-19;1-3-5-14-25-21-12-10-19(11-13-21)22-23-15-20(16-24-22)18-8-6-17(4-2)7-9-18/h13-16,18-21H,3-12,17H2,1-2H3;12-15,17-20H,3-11,16H2,1-2H3;11-14,16-19H,3-10,15H2,1-2H3;10-13,15-18H,3-9,14H2,1-2H3. The van der Waals surface area contributed by atoms with Crippen LogP contribution >= 0.6 is 0 Å². The fraction of sp³-hybridized carbons (Fsp3) is 0.574. The van der Waals surface area contributed by atoms with E-state index < -0.39 is 0 Å². The fourth-order valence-corrected chi connectivity index (χ4v) is 15.8. The summed E-state index contributed by atoms with van der Waals surface area (Å²) in [5, 5.41) is 0. The van der Waals surface area contributed by atoms with Crippen LogP contribution in [0, 0.1) is 23.7 Å². The number of nitrogens with zero attached hydrogens (tertiary/aromatic N) is 8. The second kappa shape index (κ2) is 47.3. The lowest BCUT2D eigenvalue weighted by atomic mass is 9.77. The van der Waals surface area contributed by atoms with Gasteiger partial charge in [0.05, 0.1) is 26.4 Å². The fourth-order valence-electron chi connectivity index (χ4n) is 15.8. The highest BCUT2D eigenvalue weighted by Gasteiger charge is 2.27. The Kier molecular flexibility index (Phi) is 36.8. The molecule has 0 bridgehead atoms. The molecule has 4 heterocycles.